The third kappa shape index (κ3) is 8.90. The summed E-state index contributed by atoms with van der Waals surface area (Å²) in [5.74, 6) is 9.27. The van der Waals surface area contributed by atoms with Crippen LogP contribution in [0.1, 0.15) is 85.4 Å². The van der Waals surface area contributed by atoms with Gasteiger partial charge in [-0.1, -0.05) is 43.4 Å². The van der Waals surface area contributed by atoms with Crippen molar-refractivity contribution in [3.05, 3.63) is 138 Å². The van der Waals surface area contributed by atoms with E-state index in [1.807, 2.05) is 51.1 Å². The Hall–Kier alpha value is -4.87. The van der Waals surface area contributed by atoms with Gasteiger partial charge >= 0.3 is 190 Å². The van der Waals surface area contributed by atoms with Crippen LogP contribution in [0.15, 0.2) is 108 Å². The smallest absolute Gasteiger partial charge is 0.217 e. The minimum Gasteiger partial charge on any atom is -0.486 e. The normalized spacial score (nSPS) is 12.6. The molecule has 0 bridgehead atoms. The molecule has 8 heteroatoms. The van der Waals surface area contributed by atoms with E-state index < -0.39 is 25.1 Å². The van der Waals surface area contributed by atoms with E-state index >= 15 is 0 Å². The van der Waals surface area contributed by atoms with Crippen LogP contribution in [0.2, 0.25) is 17.3 Å². The summed E-state index contributed by atoms with van der Waals surface area (Å²) < 4.78 is 27.0. The molecule has 0 aliphatic rings. The van der Waals surface area contributed by atoms with Gasteiger partial charge in [0.05, 0.1) is 5.58 Å². The first kappa shape index (κ1) is 39.9. The van der Waals surface area contributed by atoms with Crippen LogP contribution < -0.4 is 4.40 Å². The van der Waals surface area contributed by atoms with Crippen LogP contribution in [0.4, 0.5) is 0 Å². The second-order valence-corrected chi connectivity index (χ2v) is 27.9. The summed E-state index contributed by atoms with van der Waals surface area (Å²) in [4.78, 5) is 13.7. The molecule has 0 spiro atoms. The summed E-state index contributed by atoms with van der Waals surface area (Å²) in [5, 5.41) is 10.7. The molecule has 4 heterocycles. The van der Waals surface area contributed by atoms with E-state index in [2.05, 4.69) is 120 Å². The minimum absolute atomic E-state index is 0. The van der Waals surface area contributed by atoms with E-state index in [0.717, 1.165) is 33.2 Å². The maximum Gasteiger partial charge on any atom is 0.217 e. The molecule has 6 nitrogen and oxygen atoms in total. The number of furan rings is 1. The monoisotopic (exact) mass is 1010 g/mol. The molecule has 4 aromatic heterocycles. The van der Waals surface area contributed by atoms with Crippen LogP contribution in [-0.2, 0) is 26.5 Å². The van der Waals surface area contributed by atoms with E-state index in [4.69, 9.17) is 17.4 Å². The first-order valence-corrected chi connectivity index (χ1v) is 27.0. The number of nitrogens with zero attached hydrogens (tertiary/aromatic N) is 5. The molecule has 0 unspecified atom stereocenters. The zero-order valence-corrected chi connectivity index (χ0v) is 39.4. The van der Waals surface area contributed by atoms with Crippen LogP contribution in [0, 0.1) is 28.9 Å². The molecule has 297 valence electrons. The van der Waals surface area contributed by atoms with Crippen LogP contribution in [0.5, 0.6) is 0 Å². The van der Waals surface area contributed by atoms with Crippen LogP contribution >= 0.6 is 0 Å². The number of rotatable bonds is 7. The topological polar surface area (TPSA) is 80.5 Å². The number of imidazole rings is 1. The third-order valence-electron chi connectivity index (χ3n) is 9.96. The van der Waals surface area contributed by atoms with Gasteiger partial charge in [0.2, 0.25) is 5.71 Å². The fourth-order valence-corrected chi connectivity index (χ4v) is 9.64. The second-order valence-electron chi connectivity index (χ2n) is 17.3. The van der Waals surface area contributed by atoms with Gasteiger partial charge in [0.15, 0.2) is 0 Å². The van der Waals surface area contributed by atoms with Gasteiger partial charge in [-0.25, -0.2) is 4.98 Å². The second kappa shape index (κ2) is 17.2. The SMILES string of the molecule is CC(C)c1c[c]([Ge]([CH3])([CH3])[CH3])cc(C(C)C)c1-n1c(-c2[c-]cccc2)nc2ccccc21.[2H]C([2H])(c1ccnc(-c2[c-]ccc3c2oc2nc(C#N)ccc23)c1)C(C)(C)C.[Ir]. The van der Waals surface area contributed by atoms with Gasteiger partial charge in [0.1, 0.15) is 11.8 Å². The van der Waals surface area contributed by atoms with Crippen molar-refractivity contribution in [2.75, 3.05) is 0 Å². The maximum absolute atomic E-state index is 9.07. The van der Waals surface area contributed by atoms with Crippen molar-refractivity contribution in [2.24, 2.45) is 5.41 Å². The largest absolute Gasteiger partial charge is 0.486 e. The Morgan fingerprint density at radius 3 is 2.19 bits per heavy atom. The summed E-state index contributed by atoms with van der Waals surface area (Å²) in [6.45, 7) is 14.9. The van der Waals surface area contributed by atoms with Crippen molar-refractivity contribution in [1.29, 1.82) is 5.26 Å². The molecule has 8 rings (SSSR count). The van der Waals surface area contributed by atoms with Gasteiger partial charge < -0.3 is 9.40 Å². The van der Waals surface area contributed by atoms with E-state index in [1.54, 1.807) is 34.9 Å². The van der Waals surface area contributed by atoms with Gasteiger partial charge in [0.25, 0.3) is 0 Å². The Kier molecular flexibility index (Phi) is 11.8. The minimum atomic E-state index is -2.00. The van der Waals surface area contributed by atoms with Crippen molar-refractivity contribution in [3.63, 3.8) is 0 Å². The average molecular weight is 1000 g/mol. The number of nitriles is 1. The van der Waals surface area contributed by atoms with Gasteiger partial charge in [-0.3, -0.25) is 0 Å². The number of benzene rings is 4. The van der Waals surface area contributed by atoms with Crippen LogP contribution in [0.25, 0.3) is 61.4 Å². The van der Waals surface area contributed by atoms with Crippen molar-refractivity contribution in [3.8, 4) is 34.4 Å². The van der Waals surface area contributed by atoms with E-state index in [0.29, 0.717) is 40.0 Å². The molecule has 0 atom stereocenters. The summed E-state index contributed by atoms with van der Waals surface area (Å²) in [6.07, 6.45) is 0.0747. The fraction of sp³-hybridized carbons (Fsp3) is 0.280. The van der Waals surface area contributed by atoms with Crippen LogP contribution in [0.3, 0.4) is 0 Å². The number of pyridine rings is 2. The van der Waals surface area contributed by atoms with Gasteiger partial charge in [0, 0.05) is 34.4 Å². The molecule has 58 heavy (non-hydrogen) atoms. The predicted octanol–water partition coefficient (Wildman–Crippen LogP) is 12.6. The molecule has 0 saturated carbocycles. The molecule has 0 fully saturated rings. The number of hydrogen-bond donors (Lipinski definition) is 0. The first-order chi connectivity index (χ1) is 27.9. The zero-order valence-electron chi connectivity index (χ0n) is 36.9. The Balaban J connectivity index is 0.000000199. The molecule has 4 aromatic carbocycles. The summed E-state index contributed by atoms with van der Waals surface area (Å²) >= 11 is -2.00. The molecule has 8 aromatic rings. The Morgan fingerprint density at radius 2 is 1.55 bits per heavy atom. The predicted molar refractivity (Wildman–Crippen MR) is 238 cm³/mol. The maximum atomic E-state index is 9.07. The summed E-state index contributed by atoms with van der Waals surface area (Å²) in [5.41, 5.74) is 9.80. The van der Waals surface area contributed by atoms with E-state index in [9.17, 15) is 0 Å². The van der Waals surface area contributed by atoms with Crippen molar-refractivity contribution >= 4 is 50.8 Å². The molecule has 1 radical (unpaired) electrons. The summed E-state index contributed by atoms with van der Waals surface area (Å²) in [6, 6.07) is 40.8. The molecule has 0 aliphatic heterocycles. The number of fused-ring (bicyclic) bond motifs is 4. The molecule has 0 N–H and O–H groups in total. The molecular formula is C50H51GeIrN5O-2. The first-order valence-electron chi connectivity index (χ1n) is 20.6. The standard InChI is InChI=1S/C28H33GeN2.C22H18N3O.Ir/c1-19(2)23-17-22(29(5,6)7)18-24(20(3)4)27(23)31-26-16-12-11-15-25(26)30-28(31)21-13-9-8-10-14-21;1-22(2,3)12-14-9-10-24-19(11-14)18-6-4-5-16-17-8-7-15(13-23)25-21(17)26-20(16)18;/h8-13,15-20H,1-7H3;4-5,7-11H,12H2,1-3H3;/q2*-1;/i;12D2;. The quantitative estimate of drug-likeness (QED) is 0.117. The third-order valence-corrected chi connectivity index (χ3v) is 14.2. The van der Waals surface area contributed by atoms with Crippen molar-refractivity contribution in [2.45, 2.75) is 83.9 Å². The molecule has 0 amide bonds. The number of para-hydroxylation sites is 2. The average Bonchev–Trinajstić information content (AvgIpc) is 3.78. The fourth-order valence-electron chi connectivity index (χ4n) is 7.17. The van der Waals surface area contributed by atoms with Gasteiger partial charge in [-0.15, -0.1) is 18.2 Å². The van der Waals surface area contributed by atoms with E-state index in [-0.39, 0.29) is 25.8 Å². The summed E-state index contributed by atoms with van der Waals surface area (Å²) in [7, 11) is 0. The Labute approximate surface area is 362 Å². The van der Waals surface area contributed by atoms with Crippen LogP contribution in [-0.4, -0.2) is 32.8 Å². The molecule has 0 saturated heterocycles. The zero-order chi connectivity index (χ0) is 42.4. The molecule has 0 aliphatic carbocycles. The number of hydrogen-bond acceptors (Lipinski definition) is 5. The van der Waals surface area contributed by atoms with Crippen molar-refractivity contribution < 1.29 is 27.3 Å². The Bertz CT molecular complexity index is 2830. The number of aromatic nitrogens is 4. The van der Waals surface area contributed by atoms with Crippen molar-refractivity contribution in [1.82, 2.24) is 19.5 Å². The van der Waals surface area contributed by atoms with Gasteiger partial charge in [-0.2, -0.15) is 5.26 Å². The van der Waals surface area contributed by atoms with E-state index in [1.165, 1.54) is 16.8 Å². The Morgan fingerprint density at radius 1 is 0.845 bits per heavy atom. The van der Waals surface area contributed by atoms with Gasteiger partial charge in [-0.05, 0) is 35.7 Å². The molecular weight excluding hydrogens is 951 g/mol.